The van der Waals surface area contributed by atoms with E-state index in [9.17, 15) is 8.42 Å². The Morgan fingerprint density at radius 3 is 2.62 bits per heavy atom. The van der Waals surface area contributed by atoms with Crippen LogP contribution in [0.1, 0.15) is 23.7 Å². The molecule has 1 heterocycles. The van der Waals surface area contributed by atoms with Crippen LogP contribution in [0.3, 0.4) is 0 Å². The zero-order valence-electron chi connectivity index (χ0n) is 7.64. The van der Waals surface area contributed by atoms with E-state index in [1.165, 1.54) is 11.3 Å². The van der Waals surface area contributed by atoms with Gasteiger partial charge in [-0.1, -0.05) is 0 Å². The van der Waals surface area contributed by atoms with Gasteiger partial charge in [-0.25, -0.2) is 4.98 Å². The van der Waals surface area contributed by atoms with Crippen LogP contribution in [0.25, 0.3) is 0 Å². The molecule has 1 atom stereocenters. The highest BCUT2D eigenvalue weighted by Crippen LogP contribution is 2.20. The van der Waals surface area contributed by atoms with E-state index in [1.807, 2.05) is 6.92 Å². The minimum atomic E-state index is -3.40. The molecule has 1 unspecified atom stereocenters. The van der Waals surface area contributed by atoms with Gasteiger partial charge >= 0.3 is 0 Å². The van der Waals surface area contributed by atoms with Crippen LogP contribution in [0.15, 0.2) is 5.38 Å². The summed E-state index contributed by atoms with van der Waals surface area (Å²) in [6.45, 7) is 3.52. The van der Waals surface area contributed by atoms with Crippen molar-refractivity contribution in [2.75, 3.05) is 6.26 Å². The Bertz CT molecular complexity index is 382. The van der Waals surface area contributed by atoms with Crippen molar-refractivity contribution in [3.8, 4) is 0 Å². The predicted molar refractivity (Wildman–Crippen MR) is 51.2 cm³/mol. The van der Waals surface area contributed by atoms with Gasteiger partial charge in [-0.05, 0) is 13.8 Å². The van der Waals surface area contributed by atoms with Gasteiger partial charge in [0, 0.05) is 5.38 Å². The number of aryl methyl sites for hydroxylation is 1. The first-order chi connectivity index (χ1) is 5.88. The van der Waals surface area contributed by atoms with Crippen LogP contribution in [-0.2, 0) is 14.3 Å². The Morgan fingerprint density at radius 2 is 2.23 bits per heavy atom. The van der Waals surface area contributed by atoms with E-state index in [2.05, 4.69) is 4.98 Å². The second kappa shape index (κ2) is 3.73. The van der Waals surface area contributed by atoms with Gasteiger partial charge in [-0.2, -0.15) is 8.42 Å². The van der Waals surface area contributed by atoms with Crippen LogP contribution < -0.4 is 0 Å². The fourth-order valence-electron chi connectivity index (χ4n) is 0.878. The Labute approximate surface area is 81.7 Å². The second-order valence-corrected chi connectivity index (χ2v) is 5.40. The van der Waals surface area contributed by atoms with Crippen molar-refractivity contribution in [2.45, 2.75) is 20.0 Å². The molecule has 0 fully saturated rings. The largest absolute Gasteiger partial charge is 0.265 e. The van der Waals surface area contributed by atoms with E-state index in [0.717, 1.165) is 11.3 Å². The first-order valence-electron chi connectivity index (χ1n) is 3.69. The van der Waals surface area contributed by atoms with Crippen molar-refractivity contribution >= 4 is 21.5 Å². The molecule has 0 spiro atoms. The third kappa shape index (κ3) is 3.41. The smallest absolute Gasteiger partial charge is 0.261 e. The molecule has 4 nitrogen and oxygen atoms in total. The Balaban J connectivity index is 2.75. The maximum Gasteiger partial charge on any atom is 0.265 e. The Morgan fingerprint density at radius 1 is 1.62 bits per heavy atom. The highest BCUT2D eigenvalue weighted by molar-refractivity contribution is 7.86. The number of nitrogens with zero attached hydrogens (tertiary/aromatic N) is 1. The fraction of sp³-hybridized carbons (Fsp3) is 0.571. The molecule has 0 saturated carbocycles. The van der Waals surface area contributed by atoms with Crippen LogP contribution in [0.5, 0.6) is 0 Å². The Kier molecular flexibility index (Phi) is 3.05. The first-order valence-corrected chi connectivity index (χ1v) is 6.38. The van der Waals surface area contributed by atoms with E-state index in [4.69, 9.17) is 4.18 Å². The molecule has 0 aliphatic heterocycles. The summed E-state index contributed by atoms with van der Waals surface area (Å²) in [5.41, 5.74) is 0.660. The van der Waals surface area contributed by atoms with Gasteiger partial charge in [0.1, 0.15) is 6.10 Å². The third-order valence-electron chi connectivity index (χ3n) is 1.37. The molecule has 1 aromatic rings. The zero-order valence-corrected chi connectivity index (χ0v) is 9.28. The van der Waals surface area contributed by atoms with Crippen molar-refractivity contribution < 1.29 is 12.6 Å². The summed E-state index contributed by atoms with van der Waals surface area (Å²) >= 11 is 1.47. The summed E-state index contributed by atoms with van der Waals surface area (Å²) in [6, 6.07) is 0. The molecule has 0 bridgehead atoms. The molecule has 0 aromatic carbocycles. The Hall–Kier alpha value is -0.460. The SMILES string of the molecule is Cc1nc(C(C)OS(C)(=O)=O)cs1. The van der Waals surface area contributed by atoms with Crippen LogP contribution in [0.4, 0.5) is 0 Å². The lowest BCUT2D eigenvalue weighted by Gasteiger charge is -2.06. The molecule has 0 N–H and O–H groups in total. The van der Waals surface area contributed by atoms with Crippen molar-refractivity contribution in [3.63, 3.8) is 0 Å². The summed E-state index contributed by atoms with van der Waals surface area (Å²) < 4.78 is 26.3. The molecule has 6 heteroatoms. The number of hydrogen-bond donors (Lipinski definition) is 0. The lowest BCUT2D eigenvalue weighted by Crippen LogP contribution is -2.07. The molecule has 13 heavy (non-hydrogen) atoms. The third-order valence-corrected chi connectivity index (χ3v) is 2.80. The average Bonchev–Trinajstić information content (AvgIpc) is 2.31. The quantitative estimate of drug-likeness (QED) is 0.726. The van der Waals surface area contributed by atoms with Crippen LogP contribution in [0.2, 0.25) is 0 Å². The van der Waals surface area contributed by atoms with Gasteiger partial charge in [-0.15, -0.1) is 11.3 Å². The van der Waals surface area contributed by atoms with E-state index in [0.29, 0.717) is 5.69 Å². The normalized spacial score (nSPS) is 14.4. The average molecular weight is 221 g/mol. The van der Waals surface area contributed by atoms with Crippen molar-refractivity contribution in [1.29, 1.82) is 0 Å². The van der Waals surface area contributed by atoms with Crippen LogP contribution in [-0.4, -0.2) is 19.7 Å². The first kappa shape index (κ1) is 10.6. The standard InChI is InChI=1S/C7H11NO3S2/c1-5(11-13(3,9)10)7-4-12-6(2)8-7/h4-5H,1-3H3. The molecule has 0 radical (unpaired) electrons. The van der Waals surface area contributed by atoms with Gasteiger partial charge in [0.2, 0.25) is 0 Å². The summed E-state index contributed by atoms with van der Waals surface area (Å²) in [5, 5.41) is 2.70. The number of thiazole rings is 1. The molecule has 74 valence electrons. The summed E-state index contributed by atoms with van der Waals surface area (Å²) in [7, 11) is -3.40. The van der Waals surface area contributed by atoms with Gasteiger partial charge in [-0.3, -0.25) is 4.18 Å². The maximum absolute atomic E-state index is 10.8. The highest BCUT2D eigenvalue weighted by Gasteiger charge is 2.14. The minimum Gasteiger partial charge on any atom is -0.261 e. The summed E-state index contributed by atoms with van der Waals surface area (Å²) in [6.07, 6.45) is 0.530. The van der Waals surface area contributed by atoms with E-state index < -0.39 is 16.2 Å². The van der Waals surface area contributed by atoms with E-state index >= 15 is 0 Å². The predicted octanol–water partition coefficient (Wildman–Crippen LogP) is 1.49. The molecule has 0 aliphatic rings. The topological polar surface area (TPSA) is 56.3 Å². The number of rotatable bonds is 3. The van der Waals surface area contributed by atoms with Gasteiger partial charge in [0.05, 0.1) is 17.0 Å². The van der Waals surface area contributed by atoms with Gasteiger partial charge < -0.3 is 0 Å². The molecule has 1 rings (SSSR count). The van der Waals surface area contributed by atoms with E-state index in [1.54, 1.807) is 12.3 Å². The van der Waals surface area contributed by atoms with Crippen LogP contribution in [0, 0.1) is 6.92 Å². The maximum atomic E-state index is 10.8. The molecular formula is C7H11NO3S2. The van der Waals surface area contributed by atoms with Crippen molar-refractivity contribution in [3.05, 3.63) is 16.1 Å². The van der Waals surface area contributed by atoms with Crippen LogP contribution >= 0.6 is 11.3 Å². The highest BCUT2D eigenvalue weighted by atomic mass is 32.2. The molecule has 0 aliphatic carbocycles. The molecule has 0 amide bonds. The van der Waals surface area contributed by atoms with Crippen molar-refractivity contribution in [1.82, 2.24) is 4.98 Å². The molecule has 1 aromatic heterocycles. The van der Waals surface area contributed by atoms with Crippen molar-refractivity contribution in [2.24, 2.45) is 0 Å². The number of hydrogen-bond acceptors (Lipinski definition) is 5. The summed E-state index contributed by atoms with van der Waals surface area (Å²) in [5.74, 6) is 0. The monoisotopic (exact) mass is 221 g/mol. The van der Waals surface area contributed by atoms with Gasteiger partial charge in [0.15, 0.2) is 0 Å². The number of aromatic nitrogens is 1. The minimum absolute atomic E-state index is 0.500. The lowest BCUT2D eigenvalue weighted by atomic mass is 10.3. The fourth-order valence-corrected chi connectivity index (χ4v) is 2.20. The van der Waals surface area contributed by atoms with Gasteiger partial charge in [0.25, 0.3) is 10.1 Å². The summed E-state index contributed by atoms with van der Waals surface area (Å²) in [4.78, 5) is 4.12. The van der Waals surface area contributed by atoms with E-state index in [-0.39, 0.29) is 0 Å². The second-order valence-electron chi connectivity index (χ2n) is 2.73. The molecule has 0 saturated heterocycles. The zero-order chi connectivity index (χ0) is 10.1. The lowest BCUT2D eigenvalue weighted by molar-refractivity contribution is 0.232. The molecular weight excluding hydrogens is 210 g/mol.